The van der Waals surface area contributed by atoms with E-state index in [-0.39, 0.29) is 6.54 Å². The predicted octanol–water partition coefficient (Wildman–Crippen LogP) is 2.41. The van der Waals surface area contributed by atoms with Crippen molar-refractivity contribution in [3.05, 3.63) is 53.1 Å². The fraction of sp³-hybridized carbons (Fsp3) is 0.154. The zero-order chi connectivity index (χ0) is 13.0. The van der Waals surface area contributed by atoms with Crippen molar-refractivity contribution in [2.75, 3.05) is 5.32 Å². The highest BCUT2D eigenvalue weighted by atomic mass is 19.1. The van der Waals surface area contributed by atoms with Crippen LogP contribution < -0.4 is 5.32 Å². The first kappa shape index (κ1) is 12.0. The third-order valence-electron chi connectivity index (χ3n) is 2.40. The fourth-order valence-corrected chi connectivity index (χ4v) is 1.42. The van der Waals surface area contributed by atoms with Crippen LogP contribution in [-0.4, -0.2) is 9.97 Å². The highest BCUT2D eigenvalue weighted by Gasteiger charge is 2.04. The normalized spacial score (nSPS) is 9.83. The van der Waals surface area contributed by atoms with Crippen LogP contribution in [0.25, 0.3) is 0 Å². The minimum atomic E-state index is -0.409. The van der Waals surface area contributed by atoms with Gasteiger partial charge in [-0.1, -0.05) is 6.07 Å². The Labute approximate surface area is 104 Å². The maximum Gasteiger partial charge on any atom is 0.222 e. The molecule has 0 saturated heterocycles. The molecule has 1 heterocycles. The molecular formula is C13H11FN4. The molecule has 0 unspecified atom stereocenters. The monoisotopic (exact) mass is 242 g/mol. The maximum atomic E-state index is 13.6. The largest absolute Gasteiger partial charge is 0.350 e. The molecular weight excluding hydrogens is 231 g/mol. The summed E-state index contributed by atoms with van der Waals surface area (Å²) >= 11 is 0. The lowest BCUT2D eigenvalue weighted by molar-refractivity contribution is 0.612. The number of nitriles is 1. The number of benzene rings is 1. The van der Waals surface area contributed by atoms with Gasteiger partial charge in [0.05, 0.1) is 11.6 Å². The Morgan fingerprint density at radius 3 is 2.67 bits per heavy atom. The highest BCUT2D eigenvalue weighted by molar-refractivity contribution is 5.35. The molecule has 0 atom stereocenters. The Morgan fingerprint density at radius 2 is 2.06 bits per heavy atom. The van der Waals surface area contributed by atoms with Gasteiger partial charge in [0.1, 0.15) is 5.82 Å². The Balaban J connectivity index is 2.06. The second-order valence-electron chi connectivity index (χ2n) is 3.86. The van der Waals surface area contributed by atoms with Crippen LogP contribution >= 0.6 is 0 Å². The Bertz CT molecular complexity index is 587. The van der Waals surface area contributed by atoms with Crippen molar-refractivity contribution in [3.63, 3.8) is 0 Å². The van der Waals surface area contributed by atoms with Crippen LogP contribution in [0.3, 0.4) is 0 Å². The average molecular weight is 242 g/mol. The summed E-state index contributed by atoms with van der Waals surface area (Å²) < 4.78 is 13.6. The molecule has 0 saturated carbocycles. The van der Waals surface area contributed by atoms with Gasteiger partial charge < -0.3 is 5.32 Å². The molecule has 0 fully saturated rings. The summed E-state index contributed by atoms with van der Waals surface area (Å²) in [5, 5.41) is 11.6. The first-order valence-corrected chi connectivity index (χ1v) is 5.40. The van der Waals surface area contributed by atoms with E-state index in [2.05, 4.69) is 15.3 Å². The third-order valence-corrected chi connectivity index (χ3v) is 2.40. The standard InChI is InChI=1S/C13H11FN4/c1-9-6-16-13(17-7-9)18-8-11-3-2-10(5-15)4-12(11)14/h2-4,6-7H,8H2,1H3,(H,16,17,18). The van der Waals surface area contributed by atoms with E-state index in [1.54, 1.807) is 24.5 Å². The molecule has 0 amide bonds. The molecule has 1 aromatic heterocycles. The highest BCUT2D eigenvalue weighted by Crippen LogP contribution is 2.11. The molecule has 90 valence electrons. The van der Waals surface area contributed by atoms with Crippen LogP contribution in [0.4, 0.5) is 10.3 Å². The summed E-state index contributed by atoms with van der Waals surface area (Å²) in [6.45, 7) is 2.17. The number of hydrogen-bond acceptors (Lipinski definition) is 4. The minimum absolute atomic E-state index is 0.278. The first-order chi connectivity index (χ1) is 8.69. The average Bonchev–Trinajstić information content (AvgIpc) is 2.39. The van der Waals surface area contributed by atoms with Gasteiger partial charge in [0.2, 0.25) is 5.95 Å². The van der Waals surface area contributed by atoms with Crippen molar-refractivity contribution in [2.24, 2.45) is 0 Å². The van der Waals surface area contributed by atoms with Crippen LogP contribution in [0.2, 0.25) is 0 Å². The van der Waals surface area contributed by atoms with Crippen molar-refractivity contribution in [1.82, 2.24) is 9.97 Å². The topological polar surface area (TPSA) is 61.6 Å². The number of nitrogens with one attached hydrogen (secondary N) is 1. The lowest BCUT2D eigenvalue weighted by atomic mass is 10.1. The number of aromatic nitrogens is 2. The SMILES string of the molecule is Cc1cnc(NCc2ccc(C#N)cc2F)nc1. The van der Waals surface area contributed by atoms with E-state index < -0.39 is 5.82 Å². The maximum absolute atomic E-state index is 13.6. The van der Waals surface area contributed by atoms with Crippen LogP contribution in [0.1, 0.15) is 16.7 Å². The van der Waals surface area contributed by atoms with E-state index in [0.717, 1.165) is 5.56 Å². The van der Waals surface area contributed by atoms with Crippen molar-refractivity contribution in [2.45, 2.75) is 13.5 Å². The van der Waals surface area contributed by atoms with E-state index in [1.807, 2.05) is 13.0 Å². The zero-order valence-electron chi connectivity index (χ0n) is 9.81. The fourth-order valence-electron chi connectivity index (χ4n) is 1.42. The van der Waals surface area contributed by atoms with Gasteiger partial charge in [-0.3, -0.25) is 0 Å². The minimum Gasteiger partial charge on any atom is -0.350 e. The number of nitrogens with zero attached hydrogens (tertiary/aromatic N) is 3. The van der Waals surface area contributed by atoms with Gasteiger partial charge in [-0.05, 0) is 24.6 Å². The lowest BCUT2D eigenvalue weighted by Gasteiger charge is -2.06. The first-order valence-electron chi connectivity index (χ1n) is 5.40. The van der Waals surface area contributed by atoms with Gasteiger partial charge in [0, 0.05) is 24.5 Å². The second-order valence-corrected chi connectivity index (χ2v) is 3.86. The van der Waals surface area contributed by atoms with Crippen LogP contribution in [0.15, 0.2) is 30.6 Å². The Morgan fingerprint density at radius 1 is 1.33 bits per heavy atom. The summed E-state index contributed by atoms with van der Waals surface area (Å²) in [4.78, 5) is 8.12. The van der Waals surface area contributed by atoms with E-state index in [4.69, 9.17) is 5.26 Å². The molecule has 0 bridgehead atoms. The van der Waals surface area contributed by atoms with E-state index in [9.17, 15) is 4.39 Å². The molecule has 4 nitrogen and oxygen atoms in total. The van der Waals surface area contributed by atoms with Crippen LogP contribution in [0.5, 0.6) is 0 Å². The van der Waals surface area contributed by atoms with Crippen LogP contribution in [-0.2, 0) is 6.54 Å². The molecule has 0 aliphatic rings. The third kappa shape index (κ3) is 2.80. The molecule has 0 radical (unpaired) electrons. The molecule has 2 aromatic rings. The molecule has 1 aromatic carbocycles. The van der Waals surface area contributed by atoms with Crippen molar-refractivity contribution in [1.29, 1.82) is 5.26 Å². The van der Waals surface area contributed by atoms with Gasteiger partial charge >= 0.3 is 0 Å². The van der Waals surface area contributed by atoms with Gasteiger partial charge in [-0.2, -0.15) is 5.26 Å². The van der Waals surface area contributed by atoms with Gasteiger partial charge in [0.15, 0.2) is 0 Å². The molecule has 1 N–H and O–H groups in total. The van der Waals surface area contributed by atoms with Crippen molar-refractivity contribution >= 4 is 5.95 Å². The number of halogens is 1. The van der Waals surface area contributed by atoms with E-state index >= 15 is 0 Å². The second kappa shape index (κ2) is 5.23. The molecule has 0 aliphatic heterocycles. The van der Waals surface area contributed by atoms with Gasteiger partial charge in [-0.25, -0.2) is 14.4 Å². The number of rotatable bonds is 3. The zero-order valence-corrected chi connectivity index (χ0v) is 9.81. The number of hydrogen-bond donors (Lipinski definition) is 1. The summed E-state index contributed by atoms with van der Waals surface area (Å²) in [5.41, 5.74) is 1.74. The summed E-state index contributed by atoms with van der Waals surface area (Å²) in [6, 6.07) is 6.26. The molecule has 0 spiro atoms. The van der Waals surface area contributed by atoms with Crippen LogP contribution in [0, 0.1) is 24.1 Å². The molecule has 5 heteroatoms. The summed E-state index contributed by atoms with van der Waals surface area (Å²) in [6.07, 6.45) is 3.37. The summed E-state index contributed by atoms with van der Waals surface area (Å²) in [5.74, 6) is 0.0398. The lowest BCUT2D eigenvalue weighted by Crippen LogP contribution is -2.05. The Kier molecular flexibility index (Phi) is 3.49. The van der Waals surface area contributed by atoms with Crippen molar-refractivity contribution < 1.29 is 4.39 Å². The predicted molar refractivity (Wildman–Crippen MR) is 65.2 cm³/mol. The number of anilines is 1. The quantitative estimate of drug-likeness (QED) is 0.897. The molecule has 2 rings (SSSR count). The van der Waals surface area contributed by atoms with E-state index in [1.165, 1.54) is 6.07 Å². The van der Waals surface area contributed by atoms with Gasteiger partial charge in [0.25, 0.3) is 0 Å². The summed E-state index contributed by atoms with van der Waals surface area (Å²) in [7, 11) is 0. The number of aryl methyl sites for hydroxylation is 1. The van der Waals surface area contributed by atoms with Gasteiger partial charge in [-0.15, -0.1) is 0 Å². The molecule has 0 aliphatic carbocycles. The molecule has 18 heavy (non-hydrogen) atoms. The van der Waals surface area contributed by atoms with Crippen molar-refractivity contribution in [3.8, 4) is 6.07 Å². The Hall–Kier alpha value is -2.48. The van der Waals surface area contributed by atoms with E-state index in [0.29, 0.717) is 17.1 Å². The smallest absolute Gasteiger partial charge is 0.222 e.